The van der Waals surface area contributed by atoms with E-state index in [-0.39, 0.29) is 17.9 Å². The molecule has 0 atom stereocenters. The Labute approximate surface area is 201 Å². The van der Waals surface area contributed by atoms with Crippen molar-refractivity contribution in [1.29, 1.82) is 5.26 Å². The van der Waals surface area contributed by atoms with Crippen LogP contribution in [0.5, 0.6) is 5.75 Å². The first-order chi connectivity index (χ1) is 17.0. The minimum absolute atomic E-state index is 0.0404. The quantitative estimate of drug-likeness (QED) is 0.298. The number of fused-ring (bicyclic) bond motifs is 1. The van der Waals surface area contributed by atoms with Crippen LogP contribution >= 0.6 is 0 Å². The summed E-state index contributed by atoms with van der Waals surface area (Å²) < 4.78 is 50.3. The van der Waals surface area contributed by atoms with Gasteiger partial charge in [0.15, 0.2) is 23.2 Å². The van der Waals surface area contributed by atoms with E-state index in [1.165, 1.54) is 24.6 Å². The van der Waals surface area contributed by atoms with Gasteiger partial charge in [0.2, 0.25) is 0 Å². The first-order valence-electron chi connectivity index (χ1n) is 11.8. The number of ether oxygens (including phenoxy) is 1. The largest absolute Gasteiger partial charge is 0.486 e. The molecular formula is C28H24F3N3O. The van der Waals surface area contributed by atoms with Gasteiger partial charge in [0, 0.05) is 29.8 Å². The van der Waals surface area contributed by atoms with Crippen LogP contribution < -0.4 is 4.74 Å². The highest BCUT2D eigenvalue weighted by molar-refractivity contribution is 5.81. The lowest BCUT2D eigenvalue weighted by Gasteiger charge is -2.23. The average molecular weight is 476 g/mol. The molecule has 0 aliphatic heterocycles. The van der Waals surface area contributed by atoms with E-state index in [1.54, 1.807) is 0 Å². The van der Waals surface area contributed by atoms with Crippen molar-refractivity contribution >= 4 is 11.0 Å². The Morgan fingerprint density at radius 3 is 2.49 bits per heavy atom. The van der Waals surface area contributed by atoms with Crippen LogP contribution in [0.3, 0.4) is 0 Å². The summed E-state index contributed by atoms with van der Waals surface area (Å²) in [5, 5.41) is 8.95. The predicted molar refractivity (Wildman–Crippen MR) is 127 cm³/mol. The lowest BCUT2D eigenvalue weighted by atomic mass is 9.89. The van der Waals surface area contributed by atoms with Crippen molar-refractivity contribution in [3.05, 3.63) is 83.2 Å². The number of hydrogen-bond acceptors (Lipinski definition) is 3. The molecule has 7 heteroatoms. The number of aromatic nitrogens is 2. The predicted octanol–water partition coefficient (Wildman–Crippen LogP) is 7.15. The van der Waals surface area contributed by atoms with Crippen LogP contribution in [0.1, 0.15) is 43.2 Å². The second-order valence-corrected chi connectivity index (χ2v) is 9.01. The topological polar surface area (TPSA) is 50.8 Å². The standard InChI is InChI=1S/C28H24F3N3O/c29-22-13-25-26(14-23(22)30)34(16-18-6-2-1-3-7-18)28(33-25)21-9-5-4-8-20(21)17-35-27-11-10-19(15-32)12-24(27)31/h4-5,8-14,18H,1-3,6-7,16-17H2. The van der Waals surface area contributed by atoms with Crippen molar-refractivity contribution < 1.29 is 17.9 Å². The Kier molecular flexibility index (Phi) is 6.45. The van der Waals surface area contributed by atoms with Crippen molar-refractivity contribution in [3.8, 4) is 23.2 Å². The van der Waals surface area contributed by atoms with Crippen molar-refractivity contribution in [2.24, 2.45) is 5.92 Å². The molecule has 5 rings (SSSR count). The zero-order valence-electron chi connectivity index (χ0n) is 19.1. The van der Waals surface area contributed by atoms with Gasteiger partial charge in [-0.2, -0.15) is 5.26 Å². The second-order valence-electron chi connectivity index (χ2n) is 9.01. The summed E-state index contributed by atoms with van der Waals surface area (Å²) in [5.74, 6) is -1.36. The van der Waals surface area contributed by atoms with Crippen molar-refractivity contribution in [2.45, 2.75) is 45.3 Å². The minimum atomic E-state index is -0.931. The van der Waals surface area contributed by atoms with Gasteiger partial charge in [-0.3, -0.25) is 0 Å². The highest BCUT2D eigenvalue weighted by Gasteiger charge is 2.22. The third kappa shape index (κ3) is 4.74. The summed E-state index contributed by atoms with van der Waals surface area (Å²) in [6.45, 7) is 0.727. The number of nitriles is 1. The van der Waals surface area contributed by atoms with Crippen LogP contribution in [0.15, 0.2) is 54.6 Å². The molecule has 3 aromatic carbocycles. The fourth-order valence-corrected chi connectivity index (χ4v) is 4.85. The lowest BCUT2D eigenvalue weighted by Crippen LogP contribution is -2.15. The smallest absolute Gasteiger partial charge is 0.166 e. The second kappa shape index (κ2) is 9.83. The maximum absolute atomic E-state index is 14.3. The lowest BCUT2D eigenvalue weighted by molar-refractivity contribution is 0.290. The number of benzene rings is 3. The number of hydrogen-bond donors (Lipinski definition) is 0. The van der Waals surface area contributed by atoms with Gasteiger partial charge in [0.25, 0.3) is 0 Å². The molecular weight excluding hydrogens is 451 g/mol. The van der Waals surface area contributed by atoms with Gasteiger partial charge >= 0.3 is 0 Å². The molecule has 1 saturated carbocycles. The molecule has 0 unspecified atom stereocenters. The number of rotatable bonds is 6. The summed E-state index contributed by atoms with van der Waals surface area (Å²) >= 11 is 0. The van der Waals surface area contributed by atoms with E-state index in [4.69, 9.17) is 15.0 Å². The van der Waals surface area contributed by atoms with E-state index in [2.05, 4.69) is 0 Å². The van der Waals surface area contributed by atoms with E-state index in [9.17, 15) is 13.2 Å². The van der Waals surface area contributed by atoms with Gasteiger partial charge in [-0.15, -0.1) is 0 Å². The van der Waals surface area contributed by atoms with Crippen LogP contribution in [0, 0.1) is 34.7 Å². The Morgan fingerprint density at radius 1 is 0.943 bits per heavy atom. The summed E-state index contributed by atoms with van der Waals surface area (Å²) in [6, 6.07) is 15.8. The van der Waals surface area contributed by atoms with Crippen molar-refractivity contribution in [1.82, 2.24) is 9.55 Å². The highest BCUT2D eigenvalue weighted by atomic mass is 19.2. The number of nitrogens with zero attached hydrogens (tertiary/aromatic N) is 3. The third-order valence-corrected chi connectivity index (χ3v) is 6.66. The van der Waals surface area contributed by atoms with Crippen LogP contribution in [0.4, 0.5) is 13.2 Å². The molecule has 1 aromatic heterocycles. The Morgan fingerprint density at radius 2 is 1.71 bits per heavy atom. The molecule has 1 aliphatic carbocycles. The van der Waals surface area contributed by atoms with Gasteiger partial charge in [-0.1, -0.05) is 43.5 Å². The normalized spacial score (nSPS) is 14.2. The monoisotopic (exact) mass is 475 g/mol. The van der Waals surface area contributed by atoms with E-state index in [0.29, 0.717) is 29.3 Å². The molecule has 1 fully saturated rings. The molecule has 1 heterocycles. The fraction of sp³-hybridized carbons (Fsp3) is 0.286. The molecule has 0 bridgehead atoms. The fourth-order valence-electron chi connectivity index (χ4n) is 4.85. The Balaban J connectivity index is 1.53. The Hall–Kier alpha value is -3.79. The van der Waals surface area contributed by atoms with Crippen molar-refractivity contribution in [3.63, 3.8) is 0 Å². The summed E-state index contributed by atoms with van der Waals surface area (Å²) in [5.41, 5.74) is 2.68. The molecule has 0 amide bonds. The molecule has 1 aliphatic rings. The molecule has 178 valence electrons. The van der Waals surface area contributed by atoms with E-state index in [1.807, 2.05) is 34.9 Å². The molecule has 0 radical (unpaired) electrons. The zero-order valence-corrected chi connectivity index (χ0v) is 19.1. The van der Waals surface area contributed by atoms with Crippen LogP contribution in [-0.2, 0) is 13.2 Å². The number of imidazole rings is 1. The van der Waals surface area contributed by atoms with E-state index in [0.717, 1.165) is 48.9 Å². The molecule has 35 heavy (non-hydrogen) atoms. The maximum atomic E-state index is 14.3. The molecule has 4 nitrogen and oxygen atoms in total. The third-order valence-electron chi connectivity index (χ3n) is 6.66. The summed E-state index contributed by atoms with van der Waals surface area (Å²) in [4.78, 5) is 4.70. The van der Waals surface area contributed by atoms with Crippen LogP contribution in [0.2, 0.25) is 0 Å². The van der Waals surface area contributed by atoms with Gasteiger partial charge in [-0.25, -0.2) is 18.2 Å². The molecule has 0 N–H and O–H groups in total. The molecule has 0 saturated heterocycles. The first-order valence-corrected chi connectivity index (χ1v) is 11.8. The van der Waals surface area contributed by atoms with Gasteiger partial charge in [0.1, 0.15) is 12.4 Å². The van der Waals surface area contributed by atoms with Crippen LogP contribution in [0.25, 0.3) is 22.4 Å². The summed E-state index contributed by atoms with van der Waals surface area (Å²) in [6.07, 6.45) is 5.73. The van der Waals surface area contributed by atoms with Crippen molar-refractivity contribution in [2.75, 3.05) is 0 Å². The highest BCUT2D eigenvalue weighted by Crippen LogP contribution is 2.33. The first kappa shape index (κ1) is 23.0. The minimum Gasteiger partial charge on any atom is -0.486 e. The van der Waals surface area contributed by atoms with E-state index >= 15 is 0 Å². The van der Waals surface area contributed by atoms with Crippen LogP contribution in [-0.4, -0.2) is 9.55 Å². The van der Waals surface area contributed by atoms with E-state index < -0.39 is 17.5 Å². The number of halogens is 3. The van der Waals surface area contributed by atoms with Gasteiger partial charge in [-0.05, 0) is 37.0 Å². The average Bonchev–Trinajstić information content (AvgIpc) is 3.21. The SMILES string of the molecule is N#Cc1ccc(OCc2ccccc2-c2nc3cc(F)c(F)cc3n2CC2CCCCC2)c(F)c1. The summed E-state index contributed by atoms with van der Waals surface area (Å²) in [7, 11) is 0. The van der Waals surface area contributed by atoms with Gasteiger partial charge < -0.3 is 9.30 Å². The maximum Gasteiger partial charge on any atom is 0.166 e. The van der Waals surface area contributed by atoms with Gasteiger partial charge in [0.05, 0.1) is 22.7 Å². The zero-order chi connectivity index (χ0) is 24.4. The molecule has 4 aromatic rings. The molecule has 0 spiro atoms. The Bertz CT molecular complexity index is 1420.